The van der Waals surface area contributed by atoms with E-state index in [0.29, 0.717) is 31.8 Å². The number of amides is 1. The highest BCUT2D eigenvalue weighted by Crippen LogP contribution is 2.28. The minimum Gasteiger partial charge on any atom is -0.493 e. The molecule has 3 N–H and O–H groups in total. The Morgan fingerprint density at radius 1 is 1.19 bits per heavy atom. The van der Waals surface area contributed by atoms with Crippen LogP contribution in [0.3, 0.4) is 0 Å². The number of hydrogen-bond donors (Lipinski definition) is 2. The first kappa shape index (κ1) is 25.7. The molecule has 0 saturated heterocycles. The molecule has 1 amide bonds. The van der Waals surface area contributed by atoms with E-state index >= 15 is 0 Å². The van der Waals surface area contributed by atoms with E-state index in [0.717, 1.165) is 30.6 Å². The van der Waals surface area contributed by atoms with Crippen LogP contribution in [0.5, 0.6) is 11.5 Å². The lowest BCUT2D eigenvalue weighted by atomic mass is 10.1. The number of ether oxygens (including phenoxy) is 3. The van der Waals surface area contributed by atoms with Crippen molar-refractivity contribution in [3.63, 3.8) is 0 Å². The van der Waals surface area contributed by atoms with Crippen molar-refractivity contribution in [1.29, 1.82) is 0 Å². The molecule has 0 spiro atoms. The van der Waals surface area contributed by atoms with Gasteiger partial charge in [0.25, 0.3) is 0 Å². The number of rotatable bonds is 15. The number of carbonyl (C=O) groups is 2. The predicted octanol–water partition coefficient (Wildman–Crippen LogP) is 3.99. The lowest BCUT2D eigenvalue weighted by Crippen LogP contribution is -2.43. The minimum absolute atomic E-state index is 0.212. The van der Waals surface area contributed by atoms with Gasteiger partial charge < -0.3 is 25.3 Å². The van der Waals surface area contributed by atoms with Gasteiger partial charge in [-0.25, -0.2) is 0 Å². The Balaban J connectivity index is 1.79. The van der Waals surface area contributed by atoms with E-state index in [-0.39, 0.29) is 18.4 Å². The van der Waals surface area contributed by atoms with Gasteiger partial charge >= 0.3 is 5.97 Å². The summed E-state index contributed by atoms with van der Waals surface area (Å²) in [7, 11) is 0. The Kier molecular flexibility index (Phi) is 11.7. The smallest absolute Gasteiger partial charge is 0.306 e. The fourth-order valence-corrected chi connectivity index (χ4v) is 3.36. The van der Waals surface area contributed by atoms with Crippen molar-refractivity contribution in [2.45, 2.75) is 77.4 Å². The van der Waals surface area contributed by atoms with Crippen LogP contribution >= 0.6 is 0 Å². The molecule has 2 rings (SSSR count). The number of unbranched alkanes of at least 4 members (excludes halogenated alkanes) is 5. The molecule has 0 radical (unpaired) electrons. The summed E-state index contributed by atoms with van der Waals surface area (Å²) < 4.78 is 17.1. The number of carbonyl (C=O) groups excluding carboxylic acids is 2. The summed E-state index contributed by atoms with van der Waals surface area (Å²) in [5, 5.41) is 2.74. The third kappa shape index (κ3) is 9.73. The number of hydrogen-bond acceptors (Lipinski definition) is 6. The van der Waals surface area contributed by atoms with Gasteiger partial charge in [-0.05, 0) is 31.6 Å². The topological polar surface area (TPSA) is 99.9 Å². The summed E-state index contributed by atoms with van der Waals surface area (Å²) in [6.45, 7) is 4.90. The lowest BCUT2D eigenvalue weighted by molar-refractivity contribution is -0.150. The minimum atomic E-state index is -0.615. The summed E-state index contributed by atoms with van der Waals surface area (Å²) in [5.74, 6) is 0.962. The first-order chi connectivity index (χ1) is 15.5. The number of esters is 1. The van der Waals surface area contributed by atoms with Crippen LogP contribution < -0.4 is 20.5 Å². The quantitative estimate of drug-likeness (QED) is 0.312. The van der Waals surface area contributed by atoms with Gasteiger partial charge in [-0.15, -0.1) is 0 Å². The standard InChI is InChI=1S/C25H38N2O5/c1-3-4-5-6-7-8-11-24(28)32-22(18-27-25(29)19(2)26)14-16-30-21-13-12-20-10-9-15-31-23(20)17-21/h9-10,12-13,17,19,22H,3-8,11,14-16,18,26H2,1-2H3,(H,27,29). The summed E-state index contributed by atoms with van der Waals surface area (Å²) in [4.78, 5) is 24.1. The number of benzene rings is 1. The number of fused-ring (bicyclic) bond motifs is 1. The average Bonchev–Trinajstić information content (AvgIpc) is 2.79. The lowest BCUT2D eigenvalue weighted by Gasteiger charge is -2.20. The molecule has 0 fully saturated rings. The van der Waals surface area contributed by atoms with Crippen molar-refractivity contribution in [2.75, 3.05) is 19.8 Å². The van der Waals surface area contributed by atoms with Crippen LogP contribution in [0.25, 0.3) is 6.08 Å². The molecule has 0 saturated carbocycles. The molecule has 178 valence electrons. The van der Waals surface area contributed by atoms with E-state index in [1.165, 1.54) is 19.3 Å². The molecule has 0 bridgehead atoms. The van der Waals surface area contributed by atoms with Crippen LogP contribution in [-0.2, 0) is 14.3 Å². The van der Waals surface area contributed by atoms with Crippen molar-refractivity contribution in [2.24, 2.45) is 5.73 Å². The summed E-state index contributed by atoms with van der Waals surface area (Å²) in [6, 6.07) is 5.07. The fraction of sp³-hybridized carbons (Fsp3) is 0.600. The van der Waals surface area contributed by atoms with Crippen LogP contribution in [0, 0.1) is 0 Å². The Bertz CT molecular complexity index is 748. The molecule has 1 aliphatic rings. The molecule has 1 heterocycles. The third-order valence-corrected chi connectivity index (χ3v) is 5.28. The Hall–Kier alpha value is -2.54. The SMILES string of the molecule is CCCCCCCCC(=O)OC(CCOc1ccc2c(c1)OCC=C2)CNC(=O)C(C)N. The van der Waals surface area contributed by atoms with Crippen LogP contribution in [0.4, 0.5) is 0 Å². The monoisotopic (exact) mass is 446 g/mol. The molecule has 0 aliphatic carbocycles. The number of nitrogens with two attached hydrogens (primary N) is 1. The second-order valence-corrected chi connectivity index (χ2v) is 8.21. The first-order valence-corrected chi connectivity index (χ1v) is 11.8. The van der Waals surface area contributed by atoms with Crippen LogP contribution in [0.1, 0.15) is 70.8 Å². The molecular weight excluding hydrogens is 408 g/mol. The van der Waals surface area contributed by atoms with Gasteiger partial charge in [0.1, 0.15) is 24.2 Å². The predicted molar refractivity (Wildman–Crippen MR) is 126 cm³/mol. The highest BCUT2D eigenvalue weighted by Gasteiger charge is 2.17. The highest BCUT2D eigenvalue weighted by atomic mass is 16.5. The Labute approximate surface area is 191 Å². The largest absolute Gasteiger partial charge is 0.493 e. The zero-order valence-electron chi connectivity index (χ0n) is 19.4. The van der Waals surface area contributed by atoms with Crippen LogP contribution in [0.2, 0.25) is 0 Å². The zero-order chi connectivity index (χ0) is 23.2. The highest BCUT2D eigenvalue weighted by molar-refractivity contribution is 5.81. The van der Waals surface area contributed by atoms with E-state index in [2.05, 4.69) is 12.2 Å². The summed E-state index contributed by atoms with van der Waals surface area (Å²) >= 11 is 0. The normalized spacial score (nSPS) is 14.1. The molecule has 7 heteroatoms. The van der Waals surface area contributed by atoms with Crippen molar-refractivity contribution in [3.05, 3.63) is 29.8 Å². The van der Waals surface area contributed by atoms with Gasteiger partial charge in [-0.1, -0.05) is 45.1 Å². The Morgan fingerprint density at radius 3 is 2.75 bits per heavy atom. The summed E-state index contributed by atoms with van der Waals surface area (Å²) in [6.07, 6.45) is 11.0. The van der Waals surface area contributed by atoms with E-state index in [1.807, 2.05) is 30.4 Å². The van der Waals surface area contributed by atoms with Crippen molar-refractivity contribution in [3.8, 4) is 11.5 Å². The van der Waals surface area contributed by atoms with Crippen molar-refractivity contribution in [1.82, 2.24) is 5.32 Å². The van der Waals surface area contributed by atoms with E-state index in [4.69, 9.17) is 19.9 Å². The van der Waals surface area contributed by atoms with E-state index in [1.54, 1.807) is 6.92 Å². The molecule has 2 atom stereocenters. The third-order valence-electron chi connectivity index (χ3n) is 5.28. The molecule has 2 unspecified atom stereocenters. The van der Waals surface area contributed by atoms with Crippen LogP contribution in [0.15, 0.2) is 24.3 Å². The maximum Gasteiger partial charge on any atom is 0.306 e. The fourth-order valence-electron chi connectivity index (χ4n) is 3.36. The number of nitrogens with one attached hydrogen (secondary N) is 1. The second-order valence-electron chi connectivity index (χ2n) is 8.21. The van der Waals surface area contributed by atoms with E-state index in [9.17, 15) is 9.59 Å². The van der Waals surface area contributed by atoms with Gasteiger partial charge in [-0.3, -0.25) is 9.59 Å². The molecular formula is C25H38N2O5. The maximum atomic E-state index is 12.3. The van der Waals surface area contributed by atoms with Gasteiger partial charge in [0.2, 0.25) is 5.91 Å². The zero-order valence-corrected chi connectivity index (χ0v) is 19.4. The molecule has 1 aromatic rings. The van der Waals surface area contributed by atoms with Crippen molar-refractivity contribution >= 4 is 18.0 Å². The molecule has 7 nitrogen and oxygen atoms in total. The van der Waals surface area contributed by atoms with E-state index < -0.39 is 12.1 Å². The average molecular weight is 447 g/mol. The van der Waals surface area contributed by atoms with Gasteiger partial charge in [0, 0.05) is 24.5 Å². The first-order valence-electron chi connectivity index (χ1n) is 11.8. The van der Waals surface area contributed by atoms with Crippen LogP contribution in [-0.4, -0.2) is 43.8 Å². The van der Waals surface area contributed by atoms with Gasteiger partial charge in [0.15, 0.2) is 0 Å². The second kappa shape index (κ2) is 14.5. The summed E-state index contributed by atoms with van der Waals surface area (Å²) in [5.41, 5.74) is 6.63. The molecule has 32 heavy (non-hydrogen) atoms. The molecule has 1 aliphatic heterocycles. The van der Waals surface area contributed by atoms with Crippen molar-refractivity contribution < 1.29 is 23.8 Å². The van der Waals surface area contributed by atoms with Gasteiger partial charge in [0.05, 0.1) is 19.2 Å². The Morgan fingerprint density at radius 2 is 1.97 bits per heavy atom. The molecule has 0 aromatic heterocycles. The molecule has 1 aromatic carbocycles. The maximum absolute atomic E-state index is 12.3. The van der Waals surface area contributed by atoms with Gasteiger partial charge in [-0.2, -0.15) is 0 Å².